The first kappa shape index (κ1) is 14.8. The van der Waals surface area contributed by atoms with Gasteiger partial charge in [-0.3, -0.25) is 4.79 Å². The van der Waals surface area contributed by atoms with Gasteiger partial charge in [0.15, 0.2) is 0 Å². The molecule has 0 fully saturated rings. The van der Waals surface area contributed by atoms with Crippen molar-refractivity contribution in [2.24, 2.45) is 0 Å². The lowest BCUT2D eigenvalue weighted by atomic mass is 9.96. The summed E-state index contributed by atoms with van der Waals surface area (Å²) in [6.45, 7) is -0.602. The van der Waals surface area contributed by atoms with Gasteiger partial charge in [-0.2, -0.15) is 17.5 Å². The molecule has 1 aliphatic heterocycles. The largest absolute Gasteiger partial charge is 0.511 e. The molecule has 1 heterocycles. The zero-order valence-corrected chi connectivity index (χ0v) is 10.8. The molecule has 0 unspecified atom stereocenters. The van der Waals surface area contributed by atoms with Crippen LogP contribution in [-0.4, -0.2) is 35.3 Å². The summed E-state index contributed by atoms with van der Waals surface area (Å²) in [4.78, 5) is 11.1. The highest BCUT2D eigenvalue weighted by Crippen LogP contribution is 2.33. The van der Waals surface area contributed by atoms with Crippen molar-refractivity contribution < 1.29 is 31.5 Å². The number of carboxylic acid groups (broad SMARTS) is 1. The second-order valence-corrected chi connectivity index (χ2v) is 6.20. The quantitative estimate of drug-likeness (QED) is 0.895. The Morgan fingerprint density at radius 3 is 2.30 bits per heavy atom. The van der Waals surface area contributed by atoms with E-state index in [2.05, 4.69) is 0 Å². The number of carbonyl (C=O) groups is 1. The number of halogens is 3. The molecule has 0 saturated heterocycles. The average molecular weight is 309 g/mol. The second-order valence-electron chi connectivity index (χ2n) is 4.32. The lowest BCUT2D eigenvalue weighted by Gasteiger charge is -2.33. The van der Waals surface area contributed by atoms with E-state index in [0.29, 0.717) is 11.1 Å². The minimum Gasteiger partial charge on any atom is -0.480 e. The number of hydrogen-bond acceptors (Lipinski definition) is 3. The highest BCUT2D eigenvalue weighted by molar-refractivity contribution is 7.90. The van der Waals surface area contributed by atoms with Crippen molar-refractivity contribution >= 4 is 16.0 Å². The van der Waals surface area contributed by atoms with Crippen molar-refractivity contribution in [3.63, 3.8) is 0 Å². The van der Waals surface area contributed by atoms with Gasteiger partial charge in [-0.25, -0.2) is 8.42 Å². The van der Waals surface area contributed by atoms with Crippen LogP contribution in [0.25, 0.3) is 0 Å². The topological polar surface area (TPSA) is 74.7 Å². The maximum absolute atomic E-state index is 12.6. The molecule has 5 nitrogen and oxygen atoms in total. The monoisotopic (exact) mass is 309 g/mol. The standard InChI is InChI=1S/C11H10F3NO4S/c12-11(13,14)20(18,19)15-6-8-4-2-1-3-7(8)5-9(15)10(16)17/h1-4,9H,5-6H2,(H,16,17)/t9-/m0/s1. The first-order valence-electron chi connectivity index (χ1n) is 5.52. The Kier molecular flexibility index (Phi) is 3.51. The molecule has 0 aromatic heterocycles. The third kappa shape index (κ3) is 2.38. The Balaban J connectivity index is 2.50. The van der Waals surface area contributed by atoms with Gasteiger partial charge >= 0.3 is 21.5 Å². The van der Waals surface area contributed by atoms with E-state index in [4.69, 9.17) is 5.11 Å². The Labute approximate surface area is 112 Å². The second kappa shape index (κ2) is 4.74. The van der Waals surface area contributed by atoms with Crippen LogP contribution in [0.3, 0.4) is 0 Å². The summed E-state index contributed by atoms with van der Waals surface area (Å²) < 4.78 is 60.8. The molecule has 1 N–H and O–H groups in total. The Bertz CT molecular complexity index is 641. The lowest BCUT2D eigenvalue weighted by molar-refractivity contribution is -0.142. The van der Waals surface area contributed by atoms with Crippen molar-refractivity contribution in [1.82, 2.24) is 4.31 Å². The van der Waals surface area contributed by atoms with Crippen molar-refractivity contribution in [2.75, 3.05) is 0 Å². The fraction of sp³-hybridized carbons (Fsp3) is 0.364. The number of aliphatic carboxylic acids is 1. The van der Waals surface area contributed by atoms with Crippen molar-refractivity contribution in [2.45, 2.75) is 24.5 Å². The number of hydrogen-bond donors (Lipinski definition) is 1. The molecule has 0 spiro atoms. The summed E-state index contributed by atoms with van der Waals surface area (Å²) in [5.41, 5.74) is -4.61. The molecule has 0 aliphatic carbocycles. The lowest BCUT2D eigenvalue weighted by Crippen LogP contribution is -2.52. The van der Waals surface area contributed by atoms with Gasteiger partial charge in [0.2, 0.25) is 0 Å². The normalized spacial score (nSPS) is 20.4. The van der Waals surface area contributed by atoms with Crippen LogP contribution in [0.5, 0.6) is 0 Å². The van der Waals surface area contributed by atoms with Crippen LogP contribution in [-0.2, 0) is 27.8 Å². The minimum absolute atomic E-state index is 0.00231. The fourth-order valence-corrected chi connectivity index (χ4v) is 3.17. The summed E-state index contributed by atoms with van der Waals surface area (Å²) in [5, 5.41) is 8.99. The molecular formula is C11H10F3NO4S. The molecule has 2 rings (SSSR count). The zero-order valence-electron chi connectivity index (χ0n) is 9.96. The van der Waals surface area contributed by atoms with Gasteiger partial charge in [-0.1, -0.05) is 24.3 Å². The highest BCUT2D eigenvalue weighted by Gasteiger charge is 2.54. The molecule has 0 amide bonds. The van der Waals surface area contributed by atoms with E-state index in [1.54, 1.807) is 18.2 Å². The number of benzene rings is 1. The molecule has 0 radical (unpaired) electrons. The Morgan fingerprint density at radius 2 is 1.80 bits per heavy atom. The van der Waals surface area contributed by atoms with Crippen LogP contribution < -0.4 is 0 Å². The van der Waals surface area contributed by atoms with E-state index < -0.39 is 34.1 Å². The molecule has 9 heteroatoms. The number of sulfonamides is 1. The third-order valence-corrected chi connectivity index (χ3v) is 4.68. The van der Waals surface area contributed by atoms with Gasteiger partial charge in [0.05, 0.1) is 0 Å². The summed E-state index contributed by atoms with van der Waals surface area (Å²) >= 11 is 0. The molecule has 20 heavy (non-hydrogen) atoms. The molecule has 1 atom stereocenters. The molecule has 1 aliphatic rings. The van der Waals surface area contributed by atoms with Crippen LogP contribution in [0, 0.1) is 0 Å². The van der Waals surface area contributed by atoms with Gasteiger partial charge in [0.1, 0.15) is 6.04 Å². The number of rotatable bonds is 2. The zero-order chi connectivity index (χ0) is 15.1. The first-order valence-corrected chi connectivity index (χ1v) is 6.96. The third-order valence-electron chi connectivity index (χ3n) is 3.09. The molecule has 1 aromatic rings. The summed E-state index contributed by atoms with van der Waals surface area (Å²) in [6.07, 6.45) is -0.291. The van der Waals surface area contributed by atoms with E-state index in [1.807, 2.05) is 0 Å². The fourth-order valence-electron chi connectivity index (χ4n) is 2.10. The van der Waals surface area contributed by atoms with Crippen molar-refractivity contribution in [1.29, 1.82) is 0 Å². The predicted octanol–water partition coefficient (Wildman–Crippen LogP) is 1.35. The van der Waals surface area contributed by atoms with E-state index in [1.165, 1.54) is 6.07 Å². The molecule has 0 saturated carbocycles. The minimum atomic E-state index is -5.68. The summed E-state index contributed by atoms with van der Waals surface area (Å²) in [6, 6.07) is 4.47. The predicted molar refractivity (Wildman–Crippen MR) is 62.1 cm³/mol. The number of alkyl halides is 3. The van der Waals surface area contributed by atoms with Crippen LogP contribution in [0.15, 0.2) is 24.3 Å². The van der Waals surface area contributed by atoms with Crippen LogP contribution >= 0.6 is 0 Å². The van der Waals surface area contributed by atoms with Gasteiger partial charge in [0.25, 0.3) is 0 Å². The van der Waals surface area contributed by atoms with Crippen LogP contribution in [0.2, 0.25) is 0 Å². The molecular weight excluding hydrogens is 299 g/mol. The van der Waals surface area contributed by atoms with E-state index in [9.17, 15) is 26.4 Å². The Morgan fingerprint density at radius 1 is 1.25 bits per heavy atom. The summed E-state index contributed by atoms with van der Waals surface area (Å²) in [5.74, 6) is -1.60. The van der Waals surface area contributed by atoms with E-state index >= 15 is 0 Å². The SMILES string of the molecule is O=C(O)[C@@H]1Cc2ccccc2CN1S(=O)(=O)C(F)(F)F. The average Bonchev–Trinajstić information content (AvgIpc) is 2.35. The molecule has 0 bridgehead atoms. The number of nitrogens with zero attached hydrogens (tertiary/aromatic N) is 1. The van der Waals surface area contributed by atoms with Crippen LogP contribution in [0.4, 0.5) is 13.2 Å². The number of fused-ring (bicyclic) bond motifs is 1. The molecule has 1 aromatic carbocycles. The van der Waals surface area contributed by atoms with Gasteiger partial charge in [-0.15, -0.1) is 0 Å². The first-order chi connectivity index (χ1) is 9.14. The van der Waals surface area contributed by atoms with Crippen LogP contribution in [0.1, 0.15) is 11.1 Å². The highest BCUT2D eigenvalue weighted by atomic mass is 32.2. The maximum Gasteiger partial charge on any atom is 0.511 e. The maximum atomic E-state index is 12.6. The van der Waals surface area contributed by atoms with E-state index in [-0.39, 0.29) is 10.7 Å². The summed E-state index contributed by atoms with van der Waals surface area (Å²) in [7, 11) is -5.68. The van der Waals surface area contributed by atoms with Crippen molar-refractivity contribution in [3.05, 3.63) is 35.4 Å². The van der Waals surface area contributed by atoms with Crippen molar-refractivity contribution in [3.8, 4) is 0 Å². The Hall–Kier alpha value is -1.61. The smallest absolute Gasteiger partial charge is 0.480 e. The molecule has 110 valence electrons. The van der Waals surface area contributed by atoms with E-state index in [0.717, 1.165) is 0 Å². The van der Waals surface area contributed by atoms with Gasteiger partial charge < -0.3 is 5.11 Å². The van der Waals surface area contributed by atoms with Gasteiger partial charge in [0, 0.05) is 13.0 Å². The number of carboxylic acids is 1. The van der Waals surface area contributed by atoms with Gasteiger partial charge in [-0.05, 0) is 11.1 Å².